The van der Waals surface area contributed by atoms with Gasteiger partial charge in [0.05, 0.1) is 0 Å². The monoisotopic (exact) mass is 411 g/mol. The normalized spacial score (nSPS) is 15.0. The molecule has 156 valence electrons. The molecular weight excluding hydrogens is 386 g/mol. The SMILES string of the molecule is CC(C)(C)c1ccc(C2=N/C(=C/c3ccc(OCc4ccccc4)cc3)C(=O)O2)cc1. The fourth-order valence-corrected chi connectivity index (χ4v) is 3.20. The molecule has 1 heterocycles. The van der Waals surface area contributed by atoms with Crippen molar-refractivity contribution in [3.63, 3.8) is 0 Å². The van der Waals surface area contributed by atoms with Gasteiger partial charge >= 0.3 is 5.97 Å². The summed E-state index contributed by atoms with van der Waals surface area (Å²) >= 11 is 0. The molecule has 1 aliphatic rings. The number of ether oxygens (including phenoxy) is 2. The molecule has 0 saturated carbocycles. The quantitative estimate of drug-likeness (QED) is 0.387. The molecule has 4 nitrogen and oxygen atoms in total. The maximum atomic E-state index is 12.3. The molecule has 4 rings (SSSR count). The fraction of sp³-hybridized carbons (Fsp3) is 0.185. The number of hydrogen-bond acceptors (Lipinski definition) is 4. The van der Waals surface area contributed by atoms with E-state index in [1.54, 1.807) is 6.08 Å². The minimum Gasteiger partial charge on any atom is -0.489 e. The average Bonchev–Trinajstić information content (AvgIpc) is 3.14. The van der Waals surface area contributed by atoms with Crippen LogP contribution in [-0.4, -0.2) is 11.9 Å². The number of nitrogens with zero attached hydrogens (tertiary/aromatic N) is 1. The minimum absolute atomic E-state index is 0.0642. The lowest BCUT2D eigenvalue weighted by molar-refractivity contribution is -0.129. The second-order valence-corrected chi connectivity index (χ2v) is 8.51. The van der Waals surface area contributed by atoms with Crippen molar-refractivity contribution in [2.75, 3.05) is 0 Å². The second-order valence-electron chi connectivity index (χ2n) is 8.51. The lowest BCUT2D eigenvalue weighted by atomic mass is 9.87. The van der Waals surface area contributed by atoms with Crippen molar-refractivity contribution in [1.29, 1.82) is 0 Å². The first-order valence-electron chi connectivity index (χ1n) is 10.3. The van der Waals surface area contributed by atoms with E-state index in [1.165, 1.54) is 5.56 Å². The highest BCUT2D eigenvalue weighted by molar-refractivity contribution is 6.12. The van der Waals surface area contributed by atoms with Crippen molar-refractivity contribution >= 4 is 17.9 Å². The van der Waals surface area contributed by atoms with Crippen molar-refractivity contribution in [3.05, 3.63) is 107 Å². The van der Waals surface area contributed by atoms with Crippen LogP contribution in [0.25, 0.3) is 6.08 Å². The van der Waals surface area contributed by atoms with Gasteiger partial charge < -0.3 is 9.47 Å². The molecule has 0 unspecified atom stereocenters. The van der Waals surface area contributed by atoms with Gasteiger partial charge in [-0.3, -0.25) is 0 Å². The van der Waals surface area contributed by atoms with Gasteiger partial charge in [-0.2, -0.15) is 0 Å². The molecule has 4 heteroatoms. The summed E-state index contributed by atoms with van der Waals surface area (Å²) in [6, 6.07) is 25.5. The Labute approximate surface area is 182 Å². The smallest absolute Gasteiger partial charge is 0.363 e. The zero-order valence-electron chi connectivity index (χ0n) is 18.0. The highest BCUT2D eigenvalue weighted by Gasteiger charge is 2.24. The first kappa shape index (κ1) is 20.6. The highest BCUT2D eigenvalue weighted by atomic mass is 16.6. The van der Waals surface area contributed by atoms with E-state index in [4.69, 9.17) is 9.47 Å². The topological polar surface area (TPSA) is 47.9 Å². The van der Waals surface area contributed by atoms with Crippen molar-refractivity contribution in [2.24, 2.45) is 4.99 Å². The zero-order valence-corrected chi connectivity index (χ0v) is 18.0. The van der Waals surface area contributed by atoms with Gasteiger partial charge in [-0.05, 0) is 52.4 Å². The van der Waals surface area contributed by atoms with Crippen LogP contribution in [0, 0.1) is 0 Å². The molecule has 3 aromatic carbocycles. The van der Waals surface area contributed by atoms with Gasteiger partial charge in [0.2, 0.25) is 5.90 Å². The van der Waals surface area contributed by atoms with Gasteiger partial charge in [-0.15, -0.1) is 0 Å². The van der Waals surface area contributed by atoms with Gasteiger partial charge in [0, 0.05) is 5.56 Å². The summed E-state index contributed by atoms with van der Waals surface area (Å²) < 4.78 is 11.2. The molecule has 0 N–H and O–H groups in total. The number of carbonyl (C=O) groups is 1. The first-order valence-corrected chi connectivity index (χ1v) is 10.3. The van der Waals surface area contributed by atoms with Crippen molar-refractivity contribution in [2.45, 2.75) is 32.8 Å². The van der Waals surface area contributed by atoms with Gasteiger partial charge in [-0.1, -0.05) is 75.4 Å². The first-order chi connectivity index (χ1) is 14.9. The largest absolute Gasteiger partial charge is 0.489 e. The van der Waals surface area contributed by atoms with Crippen LogP contribution >= 0.6 is 0 Å². The number of hydrogen-bond donors (Lipinski definition) is 0. The summed E-state index contributed by atoms with van der Waals surface area (Å²) in [7, 11) is 0. The molecule has 0 atom stereocenters. The van der Waals surface area contributed by atoms with Crippen LogP contribution < -0.4 is 4.74 Å². The van der Waals surface area contributed by atoms with Crippen LogP contribution in [-0.2, 0) is 21.6 Å². The summed E-state index contributed by atoms with van der Waals surface area (Å²) in [5.74, 6) is 0.655. The number of rotatable bonds is 5. The van der Waals surface area contributed by atoms with Crippen LogP contribution in [0.5, 0.6) is 5.75 Å². The van der Waals surface area contributed by atoms with Crippen molar-refractivity contribution in [1.82, 2.24) is 0 Å². The Kier molecular flexibility index (Phi) is 5.72. The van der Waals surface area contributed by atoms with Crippen LogP contribution in [0.1, 0.15) is 43.0 Å². The third kappa shape index (κ3) is 5.10. The molecule has 0 bridgehead atoms. The minimum atomic E-state index is -0.445. The highest BCUT2D eigenvalue weighted by Crippen LogP contribution is 2.25. The molecule has 3 aromatic rings. The summed E-state index contributed by atoms with van der Waals surface area (Å²) in [6.07, 6.45) is 1.72. The maximum Gasteiger partial charge on any atom is 0.363 e. The van der Waals surface area contributed by atoms with Gasteiger partial charge in [-0.25, -0.2) is 9.79 Å². The van der Waals surface area contributed by atoms with E-state index in [2.05, 4.69) is 25.8 Å². The number of benzene rings is 3. The standard InChI is InChI=1S/C27H25NO3/c1-27(2,3)22-13-11-21(12-14-22)25-28-24(26(29)31-25)17-19-9-15-23(16-10-19)30-18-20-7-5-4-6-8-20/h4-17H,18H2,1-3H3/b24-17+. The maximum absolute atomic E-state index is 12.3. The van der Waals surface area contributed by atoms with E-state index < -0.39 is 5.97 Å². The molecule has 31 heavy (non-hydrogen) atoms. The van der Waals surface area contributed by atoms with Crippen LogP contribution in [0.2, 0.25) is 0 Å². The number of aliphatic imine (C=N–C) groups is 1. The van der Waals surface area contributed by atoms with Crippen LogP contribution in [0.3, 0.4) is 0 Å². The molecule has 0 spiro atoms. The van der Waals surface area contributed by atoms with Crippen LogP contribution in [0.4, 0.5) is 0 Å². The summed E-state index contributed by atoms with van der Waals surface area (Å²) in [5.41, 5.74) is 4.31. The van der Waals surface area contributed by atoms with E-state index in [-0.39, 0.29) is 11.1 Å². The van der Waals surface area contributed by atoms with Gasteiger partial charge in [0.15, 0.2) is 5.70 Å². The molecule has 0 fully saturated rings. The van der Waals surface area contributed by atoms with E-state index in [1.807, 2.05) is 78.9 Å². The summed E-state index contributed by atoms with van der Waals surface area (Å²) in [6.45, 7) is 6.99. The predicted molar refractivity (Wildman–Crippen MR) is 123 cm³/mol. The molecule has 1 aliphatic heterocycles. The van der Waals surface area contributed by atoms with Crippen molar-refractivity contribution < 1.29 is 14.3 Å². The molecular formula is C27H25NO3. The molecule has 0 radical (unpaired) electrons. The second kappa shape index (κ2) is 8.60. The molecule has 0 aliphatic carbocycles. The molecule has 0 saturated heterocycles. The fourth-order valence-electron chi connectivity index (χ4n) is 3.20. The van der Waals surface area contributed by atoms with E-state index in [0.29, 0.717) is 12.5 Å². The van der Waals surface area contributed by atoms with Crippen molar-refractivity contribution in [3.8, 4) is 5.75 Å². The Morgan fingerprint density at radius 3 is 2.23 bits per heavy atom. The van der Waals surface area contributed by atoms with E-state index >= 15 is 0 Å². The third-order valence-corrected chi connectivity index (χ3v) is 5.05. The third-order valence-electron chi connectivity index (χ3n) is 5.05. The number of cyclic esters (lactones) is 1. The lowest BCUT2D eigenvalue weighted by Gasteiger charge is -2.18. The molecule has 0 aromatic heterocycles. The molecule has 0 amide bonds. The number of carbonyl (C=O) groups excluding carboxylic acids is 1. The van der Waals surface area contributed by atoms with Gasteiger partial charge in [0.25, 0.3) is 0 Å². The predicted octanol–water partition coefficient (Wildman–Crippen LogP) is 5.91. The Morgan fingerprint density at radius 2 is 1.58 bits per heavy atom. The summed E-state index contributed by atoms with van der Waals surface area (Å²) in [4.78, 5) is 16.7. The Balaban J connectivity index is 1.45. The number of esters is 1. The Hall–Kier alpha value is -3.66. The zero-order chi connectivity index (χ0) is 21.8. The van der Waals surface area contributed by atoms with E-state index in [9.17, 15) is 4.79 Å². The van der Waals surface area contributed by atoms with Gasteiger partial charge in [0.1, 0.15) is 12.4 Å². The van der Waals surface area contributed by atoms with Crippen LogP contribution in [0.15, 0.2) is 89.6 Å². The average molecular weight is 412 g/mol. The lowest BCUT2D eigenvalue weighted by Crippen LogP contribution is -2.11. The van der Waals surface area contributed by atoms with E-state index in [0.717, 1.165) is 22.4 Å². The Bertz CT molecular complexity index is 1120. The summed E-state index contributed by atoms with van der Waals surface area (Å²) in [5, 5.41) is 0. The Morgan fingerprint density at radius 1 is 0.903 bits per heavy atom.